The molecule has 2 amide bonds. The predicted octanol–water partition coefficient (Wildman–Crippen LogP) is 2.34. The number of nitro benzene ring substituents is 1. The topological polar surface area (TPSA) is 128 Å². The molecule has 2 aromatic carbocycles. The molecule has 3 rings (SSSR count). The van der Waals surface area contributed by atoms with E-state index >= 15 is 0 Å². The third-order valence-electron chi connectivity index (χ3n) is 3.91. The van der Waals surface area contributed by atoms with Crippen molar-refractivity contribution in [3.05, 3.63) is 76.6 Å². The summed E-state index contributed by atoms with van der Waals surface area (Å²) in [4.78, 5) is 38.6. The SMILES string of the molecule is COc1cccc(-n2ccnc2SCC(=O)NNC(=O)c2cccc([N+](=O)[O-])c2)c1. The normalized spacial score (nSPS) is 10.3. The second-order valence-electron chi connectivity index (χ2n) is 5.88. The van der Waals surface area contributed by atoms with Crippen molar-refractivity contribution in [3.63, 3.8) is 0 Å². The van der Waals surface area contributed by atoms with E-state index in [2.05, 4.69) is 15.8 Å². The van der Waals surface area contributed by atoms with Crippen LogP contribution in [0.2, 0.25) is 0 Å². The second kappa shape index (κ2) is 9.56. The Morgan fingerprint density at radius 2 is 2.00 bits per heavy atom. The van der Waals surface area contributed by atoms with E-state index < -0.39 is 16.7 Å². The number of nitro groups is 1. The first-order chi connectivity index (χ1) is 14.5. The van der Waals surface area contributed by atoms with Gasteiger partial charge >= 0.3 is 0 Å². The lowest BCUT2D eigenvalue weighted by Gasteiger charge is -2.10. The van der Waals surface area contributed by atoms with E-state index in [9.17, 15) is 19.7 Å². The molecule has 0 aliphatic heterocycles. The molecule has 2 N–H and O–H groups in total. The zero-order valence-corrected chi connectivity index (χ0v) is 16.6. The van der Waals surface area contributed by atoms with E-state index in [0.29, 0.717) is 10.9 Å². The van der Waals surface area contributed by atoms with E-state index in [4.69, 9.17) is 4.74 Å². The van der Waals surface area contributed by atoms with Gasteiger partial charge in [0.05, 0.1) is 23.5 Å². The van der Waals surface area contributed by atoms with Gasteiger partial charge in [-0.2, -0.15) is 0 Å². The minimum atomic E-state index is -0.657. The molecule has 0 unspecified atom stereocenters. The van der Waals surface area contributed by atoms with Crippen molar-refractivity contribution in [2.45, 2.75) is 5.16 Å². The van der Waals surface area contributed by atoms with Crippen LogP contribution in [0.4, 0.5) is 5.69 Å². The molecule has 0 saturated carbocycles. The first kappa shape index (κ1) is 20.9. The van der Waals surface area contributed by atoms with Crippen LogP contribution in [0.3, 0.4) is 0 Å². The highest BCUT2D eigenvalue weighted by molar-refractivity contribution is 7.99. The highest BCUT2D eigenvalue weighted by atomic mass is 32.2. The van der Waals surface area contributed by atoms with Gasteiger partial charge in [0.2, 0.25) is 5.91 Å². The van der Waals surface area contributed by atoms with Gasteiger partial charge in [-0.1, -0.05) is 23.9 Å². The summed E-state index contributed by atoms with van der Waals surface area (Å²) in [6, 6.07) is 12.6. The van der Waals surface area contributed by atoms with Crippen LogP contribution < -0.4 is 15.6 Å². The molecule has 0 aliphatic rings. The number of carbonyl (C=O) groups is 2. The maximum atomic E-state index is 12.1. The number of rotatable bonds is 7. The molecule has 154 valence electrons. The predicted molar refractivity (Wildman–Crippen MR) is 110 cm³/mol. The molecule has 11 heteroatoms. The summed E-state index contributed by atoms with van der Waals surface area (Å²) in [6.45, 7) is 0. The largest absolute Gasteiger partial charge is 0.497 e. The summed E-state index contributed by atoms with van der Waals surface area (Å²) < 4.78 is 7.03. The molecule has 1 heterocycles. The quantitative estimate of drug-likeness (QED) is 0.336. The molecule has 0 fully saturated rings. The fourth-order valence-electron chi connectivity index (χ4n) is 2.48. The van der Waals surface area contributed by atoms with Gasteiger partial charge in [0.15, 0.2) is 5.16 Å². The van der Waals surface area contributed by atoms with E-state index in [1.807, 2.05) is 28.8 Å². The van der Waals surface area contributed by atoms with Crippen molar-refractivity contribution >= 4 is 29.3 Å². The van der Waals surface area contributed by atoms with Crippen LogP contribution in [-0.4, -0.2) is 39.2 Å². The average Bonchev–Trinajstić information content (AvgIpc) is 3.24. The monoisotopic (exact) mass is 427 g/mol. The third-order valence-corrected chi connectivity index (χ3v) is 4.87. The summed E-state index contributed by atoms with van der Waals surface area (Å²) in [5.41, 5.74) is 5.20. The number of carbonyl (C=O) groups excluding carboxylic acids is 2. The number of nitrogens with zero attached hydrogens (tertiary/aromatic N) is 3. The van der Waals surface area contributed by atoms with Crippen molar-refractivity contribution in [1.82, 2.24) is 20.4 Å². The smallest absolute Gasteiger partial charge is 0.270 e. The van der Waals surface area contributed by atoms with Crippen molar-refractivity contribution in [3.8, 4) is 11.4 Å². The van der Waals surface area contributed by atoms with Crippen LogP contribution in [0.1, 0.15) is 10.4 Å². The molecule has 0 saturated heterocycles. The molecule has 3 aromatic rings. The maximum absolute atomic E-state index is 12.1. The molecule has 10 nitrogen and oxygen atoms in total. The van der Waals surface area contributed by atoms with Gasteiger partial charge < -0.3 is 4.74 Å². The number of ether oxygens (including phenoxy) is 1. The lowest BCUT2D eigenvalue weighted by Crippen LogP contribution is -2.42. The van der Waals surface area contributed by atoms with Crippen molar-refractivity contribution in [2.75, 3.05) is 12.9 Å². The number of benzene rings is 2. The van der Waals surface area contributed by atoms with E-state index in [-0.39, 0.29) is 17.0 Å². The highest BCUT2D eigenvalue weighted by Gasteiger charge is 2.13. The molecular formula is C19H17N5O5S. The molecule has 30 heavy (non-hydrogen) atoms. The van der Waals surface area contributed by atoms with Crippen LogP contribution in [0, 0.1) is 10.1 Å². The van der Waals surface area contributed by atoms with Gasteiger partial charge in [-0.3, -0.25) is 35.1 Å². The average molecular weight is 427 g/mol. The number of imidazole rings is 1. The number of aromatic nitrogens is 2. The minimum absolute atomic E-state index is 0.00377. The number of nitrogens with one attached hydrogen (secondary N) is 2. The summed E-state index contributed by atoms with van der Waals surface area (Å²) in [5.74, 6) is -0.427. The van der Waals surface area contributed by atoms with Crippen molar-refractivity contribution in [1.29, 1.82) is 0 Å². The molecule has 0 atom stereocenters. The van der Waals surface area contributed by atoms with Crippen LogP contribution in [0.15, 0.2) is 66.1 Å². The Morgan fingerprint density at radius 1 is 1.20 bits per heavy atom. The summed E-state index contributed by atoms with van der Waals surface area (Å²) >= 11 is 1.18. The first-order valence-corrected chi connectivity index (χ1v) is 9.60. The zero-order chi connectivity index (χ0) is 21.5. The standard InChI is InChI=1S/C19H17N5O5S/c1-29-16-7-3-5-14(11-16)23-9-8-20-19(23)30-12-17(25)21-22-18(26)13-4-2-6-15(10-13)24(27)28/h2-11H,12H2,1H3,(H,21,25)(H,22,26). The minimum Gasteiger partial charge on any atom is -0.497 e. The Balaban J connectivity index is 1.56. The number of non-ortho nitro benzene ring substituents is 1. The second-order valence-corrected chi connectivity index (χ2v) is 6.82. The van der Waals surface area contributed by atoms with Gasteiger partial charge in [0.25, 0.3) is 11.6 Å². The number of methoxy groups -OCH3 is 1. The Labute approximate surface area is 175 Å². The summed E-state index contributed by atoms with van der Waals surface area (Å²) in [7, 11) is 1.58. The molecule has 0 radical (unpaired) electrons. The van der Waals surface area contributed by atoms with Gasteiger partial charge in [0, 0.05) is 36.2 Å². The lowest BCUT2D eigenvalue weighted by molar-refractivity contribution is -0.384. The fourth-order valence-corrected chi connectivity index (χ4v) is 3.25. The van der Waals surface area contributed by atoms with E-state index in [1.54, 1.807) is 19.5 Å². The van der Waals surface area contributed by atoms with E-state index in [0.717, 1.165) is 11.8 Å². The third kappa shape index (κ3) is 5.14. The molecule has 1 aromatic heterocycles. The Hall–Kier alpha value is -3.86. The summed E-state index contributed by atoms with van der Waals surface area (Å²) in [5, 5.41) is 11.4. The molecule has 0 bridgehead atoms. The molecule has 0 aliphatic carbocycles. The summed E-state index contributed by atoms with van der Waals surface area (Å²) in [6.07, 6.45) is 3.38. The molecular weight excluding hydrogens is 410 g/mol. The number of amides is 2. The van der Waals surface area contributed by atoms with Crippen LogP contribution >= 0.6 is 11.8 Å². The number of hydrogen-bond donors (Lipinski definition) is 2. The first-order valence-electron chi connectivity index (χ1n) is 8.62. The van der Waals surface area contributed by atoms with Gasteiger partial charge in [-0.25, -0.2) is 4.98 Å². The highest BCUT2D eigenvalue weighted by Crippen LogP contribution is 2.23. The van der Waals surface area contributed by atoms with Crippen molar-refractivity contribution < 1.29 is 19.2 Å². The van der Waals surface area contributed by atoms with Crippen LogP contribution in [0.25, 0.3) is 5.69 Å². The Kier molecular flexibility index (Phi) is 6.65. The maximum Gasteiger partial charge on any atom is 0.270 e. The van der Waals surface area contributed by atoms with Crippen LogP contribution in [-0.2, 0) is 4.79 Å². The zero-order valence-electron chi connectivity index (χ0n) is 15.8. The molecule has 0 spiro atoms. The Morgan fingerprint density at radius 3 is 2.77 bits per heavy atom. The van der Waals surface area contributed by atoms with Gasteiger partial charge in [-0.05, 0) is 18.2 Å². The Bertz CT molecular complexity index is 1080. The van der Waals surface area contributed by atoms with Crippen LogP contribution in [0.5, 0.6) is 5.75 Å². The lowest BCUT2D eigenvalue weighted by atomic mass is 10.2. The van der Waals surface area contributed by atoms with Crippen molar-refractivity contribution in [2.24, 2.45) is 0 Å². The fraction of sp³-hybridized carbons (Fsp3) is 0.105. The van der Waals surface area contributed by atoms with E-state index in [1.165, 1.54) is 30.0 Å². The van der Waals surface area contributed by atoms with Gasteiger partial charge in [0.1, 0.15) is 5.75 Å². The number of thioether (sulfide) groups is 1. The van der Waals surface area contributed by atoms with Gasteiger partial charge in [-0.15, -0.1) is 0 Å². The number of hydrogen-bond acceptors (Lipinski definition) is 7. The number of hydrazine groups is 1.